The Balaban J connectivity index is 0.00000676. The van der Waals surface area contributed by atoms with Crippen LogP contribution in [0.25, 0.3) is 0 Å². The second-order valence-corrected chi connectivity index (χ2v) is 8.03. The maximum Gasteiger partial charge on any atom is 0.191 e. The predicted octanol–water partition coefficient (Wildman–Crippen LogP) is 1.83. The van der Waals surface area contributed by atoms with Gasteiger partial charge in [-0.2, -0.15) is 0 Å². The molecule has 0 aromatic heterocycles. The Hall–Kier alpha value is -1.14. The van der Waals surface area contributed by atoms with Crippen LogP contribution >= 0.6 is 24.0 Å². The van der Waals surface area contributed by atoms with Crippen LogP contribution in [0.4, 0.5) is 4.39 Å². The van der Waals surface area contributed by atoms with Crippen molar-refractivity contribution < 1.29 is 22.3 Å². The van der Waals surface area contributed by atoms with E-state index in [-0.39, 0.29) is 48.3 Å². The predicted molar refractivity (Wildman–Crippen MR) is 116 cm³/mol. The first-order valence-corrected chi connectivity index (χ1v) is 10.6. The summed E-state index contributed by atoms with van der Waals surface area (Å²) in [6, 6.07) is 5.85. The highest BCUT2D eigenvalue weighted by Gasteiger charge is 2.05. The minimum absolute atomic E-state index is 0. The Morgan fingerprint density at radius 1 is 1.22 bits per heavy atom. The van der Waals surface area contributed by atoms with E-state index in [0.29, 0.717) is 38.0 Å². The van der Waals surface area contributed by atoms with E-state index in [2.05, 4.69) is 15.6 Å². The standard InChI is InChI=1S/C17H28FN3O4S.HI/c1-4-19-17(20-9-10-24-11-12-26(3,22)23)21-13-14(2)25-16-7-5-15(18)6-8-16;/h5-8,14H,4,9-13H2,1-3H3,(H2,19,20,21);1H. The average Bonchev–Trinajstić information content (AvgIpc) is 2.56. The van der Waals surface area contributed by atoms with Crippen LogP contribution in [0.1, 0.15) is 13.8 Å². The van der Waals surface area contributed by atoms with Gasteiger partial charge in [-0.3, -0.25) is 0 Å². The lowest BCUT2D eigenvalue weighted by Crippen LogP contribution is -2.39. The van der Waals surface area contributed by atoms with Gasteiger partial charge in [-0.25, -0.2) is 17.8 Å². The van der Waals surface area contributed by atoms with Crippen LogP contribution in [0.15, 0.2) is 29.3 Å². The molecule has 0 amide bonds. The van der Waals surface area contributed by atoms with Gasteiger partial charge in [-0.05, 0) is 38.1 Å². The molecule has 0 heterocycles. The van der Waals surface area contributed by atoms with E-state index in [4.69, 9.17) is 9.47 Å². The third-order valence-corrected chi connectivity index (χ3v) is 4.05. The summed E-state index contributed by atoms with van der Waals surface area (Å²) in [5.74, 6) is 0.917. The van der Waals surface area contributed by atoms with E-state index in [0.717, 1.165) is 0 Å². The fourth-order valence-corrected chi connectivity index (χ4v) is 2.32. The van der Waals surface area contributed by atoms with Crippen LogP contribution in [0, 0.1) is 5.82 Å². The van der Waals surface area contributed by atoms with Crippen molar-refractivity contribution in [3.8, 4) is 5.75 Å². The number of rotatable bonds is 11. The third kappa shape index (κ3) is 13.6. The highest BCUT2D eigenvalue weighted by molar-refractivity contribution is 14.0. The molecule has 1 rings (SSSR count). The first kappa shape index (κ1) is 25.9. The molecule has 1 aromatic carbocycles. The van der Waals surface area contributed by atoms with Crippen molar-refractivity contribution in [3.05, 3.63) is 30.1 Å². The Morgan fingerprint density at radius 3 is 2.48 bits per heavy atom. The molecule has 0 aliphatic rings. The Labute approximate surface area is 178 Å². The lowest BCUT2D eigenvalue weighted by Gasteiger charge is -2.15. The summed E-state index contributed by atoms with van der Waals surface area (Å²) in [5, 5.41) is 6.21. The molecule has 0 saturated carbocycles. The summed E-state index contributed by atoms with van der Waals surface area (Å²) in [7, 11) is -3.00. The minimum Gasteiger partial charge on any atom is -0.489 e. The normalized spacial score (nSPS) is 12.8. The van der Waals surface area contributed by atoms with Crippen molar-refractivity contribution >= 4 is 39.8 Å². The third-order valence-electron chi connectivity index (χ3n) is 3.14. The second-order valence-electron chi connectivity index (χ2n) is 5.77. The summed E-state index contributed by atoms with van der Waals surface area (Å²) in [6.07, 6.45) is 1.00. The summed E-state index contributed by atoms with van der Waals surface area (Å²) in [5.41, 5.74) is 0. The van der Waals surface area contributed by atoms with Crippen molar-refractivity contribution in [2.45, 2.75) is 20.0 Å². The molecule has 10 heteroatoms. The number of guanidine groups is 1. The maximum absolute atomic E-state index is 12.9. The molecule has 2 N–H and O–H groups in total. The van der Waals surface area contributed by atoms with Gasteiger partial charge < -0.3 is 20.1 Å². The van der Waals surface area contributed by atoms with Crippen molar-refractivity contribution in [2.75, 3.05) is 44.9 Å². The monoisotopic (exact) mass is 517 g/mol. The Kier molecular flexibility index (Phi) is 13.4. The van der Waals surface area contributed by atoms with E-state index in [9.17, 15) is 12.8 Å². The van der Waals surface area contributed by atoms with Gasteiger partial charge in [0.25, 0.3) is 0 Å². The van der Waals surface area contributed by atoms with Gasteiger partial charge in [-0.1, -0.05) is 0 Å². The number of ether oxygens (including phenoxy) is 2. The van der Waals surface area contributed by atoms with Gasteiger partial charge in [0.2, 0.25) is 0 Å². The molecule has 1 aromatic rings. The van der Waals surface area contributed by atoms with E-state index in [1.165, 1.54) is 18.4 Å². The zero-order chi connectivity index (χ0) is 19.4. The van der Waals surface area contributed by atoms with Crippen LogP contribution in [0.2, 0.25) is 0 Å². The van der Waals surface area contributed by atoms with Crippen molar-refractivity contribution in [3.63, 3.8) is 0 Å². The van der Waals surface area contributed by atoms with E-state index < -0.39 is 9.84 Å². The summed E-state index contributed by atoms with van der Waals surface area (Å²) >= 11 is 0. The molecule has 1 unspecified atom stereocenters. The van der Waals surface area contributed by atoms with Crippen molar-refractivity contribution in [1.82, 2.24) is 10.6 Å². The van der Waals surface area contributed by atoms with Gasteiger partial charge in [0.05, 0.1) is 25.5 Å². The molecule has 1 atom stereocenters. The van der Waals surface area contributed by atoms with Crippen LogP contribution in [0.3, 0.4) is 0 Å². The molecule has 156 valence electrons. The van der Waals surface area contributed by atoms with Gasteiger partial charge in [0, 0.05) is 19.3 Å². The van der Waals surface area contributed by atoms with Gasteiger partial charge in [0.1, 0.15) is 27.5 Å². The Morgan fingerprint density at radius 2 is 1.89 bits per heavy atom. The minimum atomic E-state index is -3.00. The zero-order valence-corrected chi connectivity index (χ0v) is 19.1. The molecule has 0 saturated heterocycles. The fourth-order valence-electron chi connectivity index (χ4n) is 1.90. The van der Waals surface area contributed by atoms with Gasteiger partial charge in [0.15, 0.2) is 5.96 Å². The lowest BCUT2D eigenvalue weighted by molar-refractivity contribution is 0.154. The molecule has 0 radical (unpaired) electrons. The van der Waals surface area contributed by atoms with E-state index in [1.54, 1.807) is 12.1 Å². The maximum atomic E-state index is 12.9. The molecule has 0 bridgehead atoms. The number of nitrogens with zero attached hydrogens (tertiary/aromatic N) is 1. The number of halogens is 2. The van der Waals surface area contributed by atoms with Gasteiger partial charge in [-0.15, -0.1) is 24.0 Å². The number of benzene rings is 1. The molecule has 7 nitrogen and oxygen atoms in total. The van der Waals surface area contributed by atoms with Gasteiger partial charge >= 0.3 is 0 Å². The zero-order valence-electron chi connectivity index (χ0n) is 15.9. The highest BCUT2D eigenvalue weighted by atomic mass is 127. The molecule has 0 spiro atoms. The topological polar surface area (TPSA) is 89.0 Å². The Bertz CT molecular complexity index is 657. The van der Waals surface area contributed by atoms with Crippen LogP contribution in [0.5, 0.6) is 5.75 Å². The number of nitrogens with one attached hydrogen (secondary N) is 2. The highest BCUT2D eigenvalue weighted by Crippen LogP contribution is 2.12. The quantitative estimate of drug-likeness (QED) is 0.202. The van der Waals surface area contributed by atoms with Crippen molar-refractivity contribution in [1.29, 1.82) is 0 Å². The number of hydrogen-bond acceptors (Lipinski definition) is 5. The molecular weight excluding hydrogens is 488 g/mol. The van der Waals surface area contributed by atoms with Crippen LogP contribution < -0.4 is 15.4 Å². The first-order chi connectivity index (χ1) is 12.3. The van der Waals surface area contributed by atoms with Crippen molar-refractivity contribution in [2.24, 2.45) is 4.99 Å². The number of hydrogen-bond donors (Lipinski definition) is 2. The van der Waals surface area contributed by atoms with E-state index >= 15 is 0 Å². The number of aliphatic imine (C=N–C) groups is 1. The largest absolute Gasteiger partial charge is 0.489 e. The SMILES string of the molecule is CCNC(=NCC(C)Oc1ccc(F)cc1)NCCOCCS(C)(=O)=O.I. The fraction of sp³-hybridized carbons (Fsp3) is 0.588. The molecule has 0 aliphatic heterocycles. The summed E-state index contributed by atoms with van der Waals surface area (Å²) in [4.78, 5) is 4.43. The summed E-state index contributed by atoms with van der Waals surface area (Å²) in [6.45, 7) is 6.01. The molecule has 27 heavy (non-hydrogen) atoms. The average molecular weight is 517 g/mol. The molecule has 0 fully saturated rings. The lowest BCUT2D eigenvalue weighted by atomic mass is 10.3. The van der Waals surface area contributed by atoms with E-state index in [1.807, 2.05) is 13.8 Å². The summed E-state index contributed by atoms with van der Waals surface area (Å²) < 4.78 is 45.8. The molecular formula is C17H29FIN3O4S. The first-order valence-electron chi connectivity index (χ1n) is 8.50. The second kappa shape index (κ2) is 13.9. The molecule has 0 aliphatic carbocycles. The van der Waals surface area contributed by atoms with Crippen LogP contribution in [-0.4, -0.2) is 65.3 Å². The smallest absolute Gasteiger partial charge is 0.191 e. The van der Waals surface area contributed by atoms with Crippen LogP contribution in [-0.2, 0) is 14.6 Å². The number of sulfone groups is 1.